The summed E-state index contributed by atoms with van der Waals surface area (Å²) in [4.78, 5) is 19.5. The molecule has 0 aliphatic carbocycles. The summed E-state index contributed by atoms with van der Waals surface area (Å²) in [6.45, 7) is 2.23. The first kappa shape index (κ1) is 31.9. The zero-order chi connectivity index (χ0) is 29.5. The summed E-state index contributed by atoms with van der Waals surface area (Å²) in [5.41, 5.74) is -11.6. The molecule has 0 bridgehead atoms. The molecule has 2 aliphatic heterocycles. The Morgan fingerprint density at radius 1 is 1.16 bits per heavy atom. The average molecular weight is 621 g/mol. The fourth-order valence-corrected chi connectivity index (χ4v) is 5.31. The van der Waals surface area contributed by atoms with E-state index in [4.69, 9.17) is 21.2 Å². The summed E-state index contributed by atoms with van der Waals surface area (Å²) < 4.78 is 115. The van der Waals surface area contributed by atoms with Crippen molar-refractivity contribution in [3.63, 3.8) is 0 Å². The molecule has 1 aromatic rings. The first-order valence-corrected chi connectivity index (χ1v) is 13.1. The molecule has 11 nitrogen and oxygen atoms in total. The highest BCUT2D eigenvalue weighted by Crippen LogP contribution is 2.41. The van der Waals surface area contributed by atoms with Gasteiger partial charge in [0.1, 0.15) is 17.3 Å². The van der Waals surface area contributed by atoms with E-state index in [1.165, 1.54) is 13.2 Å². The van der Waals surface area contributed by atoms with E-state index in [-0.39, 0.29) is 22.6 Å². The van der Waals surface area contributed by atoms with Crippen molar-refractivity contribution in [2.75, 3.05) is 20.7 Å². The van der Waals surface area contributed by atoms with Crippen LogP contribution in [0.3, 0.4) is 0 Å². The molecule has 20 heteroatoms. The van der Waals surface area contributed by atoms with Gasteiger partial charge in [-0.25, -0.2) is 0 Å². The van der Waals surface area contributed by atoms with Gasteiger partial charge in [-0.15, -0.1) is 3.63 Å². The number of halogens is 7. The first-order valence-electron chi connectivity index (χ1n) is 9.92. The molecule has 2 heterocycles. The molecule has 2 atom stereocenters. The van der Waals surface area contributed by atoms with E-state index in [0.29, 0.717) is 36.4 Å². The van der Waals surface area contributed by atoms with Crippen LogP contribution in [0, 0.1) is 0 Å². The summed E-state index contributed by atoms with van der Waals surface area (Å²) in [7, 11) is -10.3. The Kier molecular flexibility index (Phi) is 8.94. The van der Waals surface area contributed by atoms with Crippen LogP contribution in [-0.2, 0) is 33.5 Å². The van der Waals surface area contributed by atoms with Crippen LogP contribution in [0.4, 0.5) is 26.3 Å². The number of alkyl halides is 6. The molecule has 1 saturated heterocycles. The maximum absolute atomic E-state index is 11.7. The molecule has 2 unspecified atom stereocenters. The molecule has 1 aromatic carbocycles. The van der Waals surface area contributed by atoms with Gasteiger partial charge < -0.3 is 14.7 Å². The standard InChI is InChI=1S/C16H19ClN2O4.C2F6O5S2/c1-9(20)13-7-16(8-19(13)2)6-12(18-23-16)10-4-11(17)14(21)5-15(10)22-3;3-1(4,5)14(9,10)13-15(11,12)2(6,7)8/h4-5,13,21H,6-8H2,1-3H3;. The summed E-state index contributed by atoms with van der Waals surface area (Å²) in [5, 5.41) is 14.1. The fourth-order valence-electron chi connectivity index (χ4n) is 3.58. The number of nitrogens with zero attached hydrogens (tertiary/aromatic N) is 2. The number of oxime groups is 1. The number of rotatable bonds is 5. The number of Topliss-reactive ketones (excluding diaryl/α,β-unsaturated/α-hetero) is 1. The van der Waals surface area contributed by atoms with Crippen molar-refractivity contribution < 1.29 is 66.3 Å². The molecular weight excluding hydrogens is 602 g/mol. The number of methoxy groups -OCH3 is 1. The van der Waals surface area contributed by atoms with E-state index >= 15 is 0 Å². The number of hydrogen-bond acceptors (Lipinski definition) is 11. The SMILES string of the molecule is COc1cc(O)c(Cl)cc1C1=NOC2(C1)CC(C(C)=O)N(C)C2.O=S(=O)(OS(=O)(=O)C(F)(F)F)C(F)(F)F. The van der Waals surface area contributed by atoms with Gasteiger partial charge in [0.05, 0.1) is 23.9 Å². The van der Waals surface area contributed by atoms with Crippen molar-refractivity contribution in [1.82, 2.24) is 4.90 Å². The number of benzene rings is 1. The lowest BCUT2D eigenvalue weighted by molar-refractivity contribution is -0.121. The molecule has 2 aliphatic rings. The maximum atomic E-state index is 11.7. The number of carbonyl (C=O) groups is 1. The molecule has 0 radical (unpaired) electrons. The van der Waals surface area contributed by atoms with E-state index in [9.17, 15) is 53.1 Å². The molecule has 0 saturated carbocycles. The largest absolute Gasteiger partial charge is 0.524 e. The number of ether oxygens (including phenoxy) is 1. The number of likely N-dealkylation sites (N-methyl/N-ethyl adjacent to an activating group) is 1. The quantitative estimate of drug-likeness (QED) is 0.385. The van der Waals surface area contributed by atoms with Crippen LogP contribution in [-0.4, -0.2) is 81.7 Å². The third kappa shape index (κ3) is 6.80. The third-order valence-electron chi connectivity index (χ3n) is 5.27. The Balaban J connectivity index is 0.000000296. The highest BCUT2D eigenvalue weighted by Gasteiger charge is 2.57. The van der Waals surface area contributed by atoms with E-state index in [0.717, 1.165) is 0 Å². The topological polar surface area (TPSA) is 149 Å². The Bertz CT molecular complexity index is 1290. The van der Waals surface area contributed by atoms with Crippen molar-refractivity contribution in [2.24, 2.45) is 5.16 Å². The normalized spacial score (nSPS) is 22.5. The smallest absolute Gasteiger partial charge is 0.506 e. The molecule has 0 amide bonds. The number of likely N-dealkylation sites (tertiary alicyclic amines) is 1. The second kappa shape index (κ2) is 10.7. The Hall–Kier alpha value is -2.35. The predicted molar refractivity (Wildman–Crippen MR) is 117 cm³/mol. The Morgan fingerprint density at radius 2 is 1.68 bits per heavy atom. The monoisotopic (exact) mass is 620 g/mol. The van der Waals surface area contributed by atoms with Gasteiger partial charge in [0.2, 0.25) is 0 Å². The highest BCUT2D eigenvalue weighted by molar-refractivity contribution is 8.00. The summed E-state index contributed by atoms with van der Waals surface area (Å²) in [6, 6.07) is 2.94. The van der Waals surface area contributed by atoms with Gasteiger partial charge in [-0.05, 0) is 20.0 Å². The van der Waals surface area contributed by atoms with Crippen LogP contribution in [0.2, 0.25) is 5.02 Å². The van der Waals surface area contributed by atoms with Gasteiger partial charge in [-0.2, -0.15) is 43.2 Å². The molecule has 38 heavy (non-hydrogen) atoms. The predicted octanol–water partition coefficient (Wildman–Crippen LogP) is 2.91. The maximum Gasteiger partial charge on any atom is 0.524 e. The minimum Gasteiger partial charge on any atom is -0.506 e. The summed E-state index contributed by atoms with van der Waals surface area (Å²) in [5.74, 6) is 0.575. The van der Waals surface area contributed by atoms with Crippen molar-refractivity contribution in [3.05, 3.63) is 22.7 Å². The minimum atomic E-state index is -6.85. The number of carbonyl (C=O) groups excluding carboxylic acids is 1. The van der Waals surface area contributed by atoms with E-state index < -0.39 is 36.9 Å². The molecule has 0 aromatic heterocycles. The van der Waals surface area contributed by atoms with E-state index in [2.05, 4.69) is 5.16 Å². The van der Waals surface area contributed by atoms with Crippen LogP contribution in [0.5, 0.6) is 11.5 Å². The lowest BCUT2D eigenvalue weighted by atomic mass is 9.91. The molecule has 216 valence electrons. The number of hydrogen-bond donors (Lipinski definition) is 1. The average Bonchev–Trinajstić information content (AvgIpc) is 3.30. The minimum absolute atomic E-state index is 0.0428. The van der Waals surface area contributed by atoms with Crippen molar-refractivity contribution >= 4 is 43.3 Å². The van der Waals surface area contributed by atoms with Gasteiger partial charge in [0.15, 0.2) is 5.60 Å². The van der Waals surface area contributed by atoms with Gasteiger partial charge in [-0.3, -0.25) is 9.69 Å². The van der Waals surface area contributed by atoms with Gasteiger partial charge in [0, 0.05) is 31.0 Å². The second-order valence-corrected chi connectivity index (χ2v) is 11.8. The van der Waals surface area contributed by atoms with Gasteiger partial charge in [0.25, 0.3) is 0 Å². The van der Waals surface area contributed by atoms with Crippen LogP contribution >= 0.6 is 11.6 Å². The number of aromatic hydroxyl groups is 1. The highest BCUT2D eigenvalue weighted by atomic mass is 35.5. The summed E-state index contributed by atoms with van der Waals surface area (Å²) in [6.07, 6.45) is 1.18. The van der Waals surface area contributed by atoms with Crippen LogP contribution < -0.4 is 4.74 Å². The zero-order valence-corrected chi connectivity index (χ0v) is 21.8. The molecule has 1 spiro atoms. The lowest BCUT2D eigenvalue weighted by Gasteiger charge is -2.19. The number of phenols is 1. The third-order valence-corrected chi connectivity index (χ3v) is 8.14. The lowest BCUT2D eigenvalue weighted by Crippen LogP contribution is -2.34. The van der Waals surface area contributed by atoms with Crippen LogP contribution in [0.15, 0.2) is 17.3 Å². The first-order chi connectivity index (χ1) is 17.1. The fraction of sp³-hybridized carbons (Fsp3) is 0.556. The molecule has 3 rings (SSSR count). The van der Waals surface area contributed by atoms with Crippen molar-refractivity contribution in [3.8, 4) is 11.5 Å². The molecule has 1 N–H and O–H groups in total. The van der Waals surface area contributed by atoms with Crippen LogP contribution in [0.1, 0.15) is 25.3 Å². The van der Waals surface area contributed by atoms with Crippen molar-refractivity contribution in [2.45, 2.75) is 42.4 Å². The Morgan fingerprint density at radius 3 is 2.11 bits per heavy atom. The second-order valence-electron chi connectivity index (χ2n) is 8.11. The van der Waals surface area contributed by atoms with Gasteiger partial charge in [-0.1, -0.05) is 16.8 Å². The number of ketones is 1. The van der Waals surface area contributed by atoms with Gasteiger partial charge >= 0.3 is 31.3 Å². The van der Waals surface area contributed by atoms with E-state index in [1.807, 2.05) is 15.6 Å². The zero-order valence-electron chi connectivity index (χ0n) is 19.4. The summed E-state index contributed by atoms with van der Waals surface area (Å²) >= 11 is 6.01. The van der Waals surface area contributed by atoms with Crippen LogP contribution in [0.25, 0.3) is 0 Å². The number of phenolic OH excluding ortho intramolecular Hbond substituents is 1. The molecule has 1 fully saturated rings. The molecular formula is C18H19ClF6N2O9S2. The Labute approximate surface area is 217 Å². The van der Waals surface area contributed by atoms with E-state index in [1.54, 1.807) is 13.0 Å². The van der Waals surface area contributed by atoms with Crippen molar-refractivity contribution in [1.29, 1.82) is 0 Å².